The summed E-state index contributed by atoms with van der Waals surface area (Å²) in [6.07, 6.45) is 5.45. The van der Waals surface area contributed by atoms with E-state index in [2.05, 4.69) is 37.9 Å². The van der Waals surface area contributed by atoms with Crippen molar-refractivity contribution in [1.82, 2.24) is 10.2 Å². The molecule has 0 aromatic rings. The maximum atomic E-state index is 3.81. The molecule has 5 unspecified atom stereocenters. The van der Waals surface area contributed by atoms with Gasteiger partial charge in [-0.05, 0) is 50.0 Å². The van der Waals surface area contributed by atoms with E-state index in [-0.39, 0.29) is 0 Å². The number of likely N-dealkylation sites (tertiary alicyclic amines) is 1. The summed E-state index contributed by atoms with van der Waals surface area (Å²) in [5.74, 6) is 2.68. The number of hydrogen-bond acceptors (Lipinski definition) is 2. The van der Waals surface area contributed by atoms with Gasteiger partial charge >= 0.3 is 0 Å². The van der Waals surface area contributed by atoms with Crippen LogP contribution in [0.25, 0.3) is 0 Å². The van der Waals surface area contributed by atoms with Crippen molar-refractivity contribution in [3.63, 3.8) is 0 Å². The fraction of sp³-hybridized carbons (Fsp3) is 1.00. The van der Waals surface area contributed by atoms with E-state index in [9.17, 15) is 0 Å². The monoisotopic (exact) mass is 252 g/mol. The first-order valence-electron chi connectivity index (χ1n) is 8.09. The quantitative estimate of drug-likeness (QED) is 0.827. The Labute approximate surface area is 114 Å². The van der Waals surface area contributed by atoms with Gasteiger partial charge in [-0.15, -0.1) is 0 Å². The molecule has 2 nitrogen and oxygen atoms in total. The summed E-state index contributed by atoms with van der Waals surface area (Å²) in [5, 5.41) is 3.81. The SMILES string of the molecule is CCCNC1CCC(C)CC1N1CC(C)C(C)C1. The van der Waals surface area contributed by atoms with E-state index in [4.69, 9.17) is 0 Å². The lowest BCUT2D eigenvalue weighted by molar-refractivity contribution is 0.118. The van der Waals surface area contributed by atoms with Crippen LogP contribution in [0, 0.1) is 17.8 Å². The van der Waals surface area contributed by atoms with Crippen LogP contribution in [-0.2, 0) is 0 Å². The Morgan fingerprint density at radius 1 is 1.06 bits per heavy atom. The molecule has 2 rings (SSSR count). The summed E-state index contributed by atoms with van der Waals surface area (Å²) in [4.78, 5) is 2.79. The highest BCUT2D eigenvalue weighted by Gasteiger charge is 2.37. The summed E-state index contributed by atoms with van der Waals surface area (Å²) in [6.45, 7) is 13.4. The van der Waals surface area contributed by atoms with Crippen molar-refractivity contribution in [1.29, 1.82) is 0 Å². The van der Waals surface area contributed by atoms with E-state index >= 15 is 0 Å². The first-order valence-corrected chi connectivity index (χ1v) is 8.09. The van der Waals surface area contributed by atoms with Crippen LogP contribution in [0.15, 0.2) is 0 Å². The van der Waals surface area contributed by atoms with Crippen molar-refractivity contribution in [3.8, 4) is 0 Å². The molecule has 0 aromatic carbocycles. The van der Waals surface area contributed by atoms with Gasteiger partial charge in [-0.3, -0.25) is 4.90 Å². The van der Waals surface area contributed by atoms with Crippen molar-refractivity contribution < 1.29 is 0 Å². The fourth-order valence-electron chi connectivity index (χ4n) is 3.77. The molecule has 2 fully saturated rings. The second kappa shape index (κ2) is 6.38. The zero-order valence-corrected chi connectivity index (χ0v) is 12.8. The molecule has 106 valence electrons. The molecule has 0 bridgehead atoms. The van der Waals surface area contributed by atoms with Gasteiger partial charge in [-0.1, -0.05) is 27.7 Å². The lowest BCUT2D eigenvalue weighted by Crippen LogP contribution is -2.52. The van der Waals surface area contributed by atoms with Crippen molar-refractivity contribution in [2.45, 2.75) is 65.5 Å². The van der Waals surface area contributed by atoms with Crippen LogP contribution in [0.1, 0.15) is 53.4 Å². The second-order valence-electron chi connectivity index (χ2n) is 6.95. The van der Waals surface area contributed by atoms with Crippen LogP contribution in [-0.4, -0.2) is 36.6 Å². The number of hydrogen-bond donors (Lipinski definition) is 1. The standard InChI is InChI=1S/C16H32N2/c1-5-8-17-15-7-6-12(2)9-16(15)18-10-13(3)14(4)11-18/h12-17H,5-11H2,1-4H3. The predicted octanol–water partition coefficient (Wildman–Crippen LogP) is 3.13. The molecule has 0 amide bonds. The third kappa shape index (κ3) is 3.27. The van der Waals surface area contributed by atoms with E-state index in [1.165, 1.54) is 45.3 Å². The minimum Gasteiger partial charge on any atom is -0.312 e. The third-order valence-electron chi connectivity index (χ3n) is 5.22. The molecular weight excluding hydrogens is 220 g/mol. The fourth-order valence-corrected chi connectivity index (χ4v) is 3.77. The maximum Gasteiger partial charge on any atom is 0.0252 e. The Bertz CT molecular complexity index is 241. The lowest BCUT2D eigenvalue weighted by atomic mass is 9.82. The molecule has 2 aliphatic rings. The first kappa shape index (κ1) is 14.3. The minimum absolute atomic E-state index is 0.749. The van der Waals surface area contributed by atoms with Gasteiger partial charge < -0.3 is 5.32 Å². The molecule has 5 atom stereocenters. The number of rotatable bonds is 4. The Morgan fingerprint density at radius 2 is 1.72 bits per heavy atom. The minimum atomic E-state index is 0.749. The molecule has 1 aliphatic carbocycles. The van der Waals surface area contributed by atoms with Crippen molar-refractivity contribution >= 4 is 0 Å². The van der Waals surface area contributed by atoms with E-state index < -0.39 is 0 Å². The average Bonchev–Trinajstić information content (AvgIpc) is 2.68. The molecule has 1 aliphatic heterocycles. The molecule has 18 heavy (non-hydrogen) atoms. The molecule has 0 spiro atoms. The Kier molecular flexibility index (Phi) is 5.08. The molecule has 1 heterocycles. The predicted molar refractivity (Wildman–Crippen MR) is 78.8 cm³/mol. The Balaban J connectivity index is 1.96. The zero-order chi connectivity index (χ0) is 13.1. The van der Waals surface area contributed by atoms with Gasteiger partial charge in [0, 0.05) is 25.2 Å². The van der Waals surface area contributed by atoms with E-state index in [0.717, 1.165) is 29.8 Å². The van der Waals surface area contributed by atoms with Gasteiger partial charge in [0.2, 0.25) is 0 Å². The summed E-state index contributed by atoms with van der Waals surface area (Å²) in [7, 11) is 0. The van der Waals surface area contributed by atoms with Crippen LogP contribution >= 0.6 is 0 Å². The van der Waals surface area contributed by atoms with Gasteiger partial charge in [0.25, 0.3) is 0 Å². The number of nitrogens with one attached hydrogen (secondary N) is 1. The highest BCUT2D eigenvalue weighted by atomic mass is 15.2. The number of nitrogens with zero attached hydrogens (tertiary/aromatic N) is 1. The summed E-state index contributed by atoms with van der Waals surface area (Å²) >= 11 is 0. The average molecular weight is 252 g/mol. The molecule has 2 heteroatoms. The molecule has 0 aromatic heterocycles. The van der Waals surface area contributed by atoms with Crippen LogP contribution < -0.4 is 5.32 Å². The largest absolute Gasteiger partial charge is 0.312 e. The molecule has 0 radical (unpaired) electrons. The summed E-state index contributed by atoms with van der Waals surface area (Å²) in [5.41, 5.74) is 0. The maximum absolute atomic E-state index is 3.81. The Hall–Kier alpha value is -0.0800. The molecule has 1 saturated carbocycles. The first-order chi connectivity index (χ1) is 8.61. The topological polar surface area (TPSA) is 15.3 Å². The van der Waals surface area contributed by atoms with Crippen molar-refractivity contribution in [3.05, 3.63) is 0 Å². The summed E-state index contributed by atoms with van der Waals surface area (Å²) in [6, 6.07) is 1.55. The lowest BCUT2D eigenvalue weighted by Gasteiger charge is -2.41. The van der Waals surface area contributed by atoms with Crippen LogP contribution in [0.3, 0.4) is 0 Å². The molecule has 1 saturated heterocycles. The zero-order valence-electron chi connectivity index (χ0n) is 12.8. The Morgan fingerprint density at radius 3 is 2.33 bits per heavy atom. The van der Waals surface area contributed by atoms with Gasteiger partial charge in [0.15, 0.2) is 0 Å². The van der Waals surface area contributed by atoms with E-state index in [0.29, 0.717) is 0 Å². The highest BCUT2D eigenvalue weighted by molar-refractivity contribution is 4.94. The highest BCUT2D eigenvalue weighted by Crippen LogP contribution is 2.32. The van der Waals surface area contributed by atoms with Crippen LogP contribution in [0.5, 0.6) is 0 Å². The van der Waals surface area contributed by atoms with Crippen LogP contribution in [0.4, 0.5) is 0 Å². The summed E-state index contributed by atoms with van der Waals surface area (Å²) < 4.78 is 0. The normalized spacial score (nSPS) is 42.3. The molecule has 1 N–H and O–H groups in total. The van der Waals surface area contributed by atoms with Crippen molar-refractivity contribution in [2.75, 3.05) is 19.6 Å². The third-order valence-corrected chi connectivity index (χ3v) is 5.22. The van der Waals surface area contributed by atoms with Gasteiger partial charge in [0.05, 0.1) is 0 Å². The molecular formula is C16H32N2. The van der Waals surface area contributed by atoms with Gasteiger partial charge in [-0.2, -0.15) is 0 Å². The van der Waals surface area contributed by atoms with Gasteiger partial charge in [-0.25, -0.2) is 0 Å². The van der Waals surface area contributed by atoms with E-state index in [1.54, 1.807) is 0 Å². The second-order valence-corrected chi connectivity index (χ2v) is 6.95. The van der Waals surface area contributed by atoms with Gasteiger partial charge in [0.1, 0.15) is 0 Å². The van der Waals surface area contributed by atoms with E-state index in [1.807, 2.05) is 0 Å². The van der Waals surface area contributed by atoms with Crippen LogP contribution in [0.2, 0.25) is 0 Å². The smallest absolute Gasteiger partial charge is 0.0252 e. The van der Waals surface area contributed by atoms with Crippen molar-refractivity contribution in [2.24, 2.45) is 17.8 Å².